The van der Waals surface area contributed by atoms with Crippen LogP contribution in [0.25, 0.3) is 5.57 Å². The number of ether oxygens (including phenoxy) is 1. The van der Waals surface area contributed by atoms with Crippen molar-refractivity contribution in [2.45, 2.75) is 6.36 Å². The zero-order chi connectivity index (χ0) is 17.9. The van der Waals surface area contributed by atoms with Crippen molar-refractivity contribution >= 4 is 27.2 Å². The van der Waals surface area contributed by atoms with Crippen LogP contribution in [0.15, 0.2) is 16.7 Å². The van der Waals surface area contributed by atoms with Gasteiger partial charge in [-0.2, -0.15) is 10.5 Å². The first-order valence-electron chi connectivity index (χ1n) is 5.80. The van der Waals surface area contributed by atoms with Crippen LogP contribution >= 0.6 is 15.9 Å². The summed E-state index contributed by atoms with van der Waals surface area (Å²) in [7, 11) is 0. The van der Waals surface area contributed by atoms with E-state index in [9.17, 15) is 22.7 Å². The molecule has 0 spiro atoms. The molecule has 1 heterocycles. The molecular formula is C11H5BrF4N6O2. The van der Waals surface area contributed by atoms with Crippen LogP contribution in [0.2, 0.25) is 0 Å². The van der Waals surface area contributed by atoms with Crippen LogP contribution in [0.4, 0.5) is 23.2 Å². The van der Waals surface area contributed by atoms with Crippen molar-refractivity contribution in [3.05, 3.63) is 28.4 Å². The highest BCUT2D eigenvalue weighted by atomic mass is 79.9. The Morgan fingerprint density at radius 2 is 2.21 bits per heavy atom. The summed E-state index contributed by atoms with van der Waals surface area (Å²) in [6, 6.07) is 2.66. The van der Waals surface area contributed by atoms with E-state index in [-0.39, 0.29) is 17.1 Å². The molecule has 126 valence electrons. The normalized spacial score (nSPS) is 11.9. The number of phenolic OH excluding ortho intramolecular Hbond substituents is 1. The maximum Gasteiger partial charge on any atom is 0.573 e. The smallest absolute Gasteiger partial charge is 0.503 e. The topological polar surface area (TPSA) is 120 Å². The molecule has 0 bridgehead atoms. The van der Waals surface area contributed by atoms with Crippen LogP contribution in [-0.4, -0.2) is 32.1 Å². The molecular weight excluding hydrogens is 404 g/mol. The number of rotatable bonds is 4. The Morgan fingerprint density at radius 3 is 2.75 bits per heavy atom. The van der Waals surface area contributed by atoms with E-state index in [2.05, 4.69) is 46.6 Å². The van der Waals surface area contributed by atoms with Crippen LogP contribution < -0.4 is 10.1 Å². The van der Waals surface area contributed by atoms with Crippen LogP contribution in [0.1, 0.15) is 5.82 Å². The van der Waals surface area contributed by atoms with Gasteiger partial charge in [0.1, 0.15) is 11.6 Å². The maximum absolute atomic E-state index is 13.7. The quantitative estimate of drug-likeness (QED) is 0.404. The van der Waals surface area contributed by atoms with Crippen molar-refractivity contribution in [2.24, 2.45) is 0 Å². The van der Waals surface area contributed by atoms with E-state index in [0.29, 0.717) is 0 Å². The predicted molar refractivity (Wildman–Crippen MR) is 73.8 cm³/mol. The van der Waals surface area contributed by atoms with Gasteiger partial charge in [0.15, 0.2) is 11.6 Å². The van der Waals surface area contributed by atoms with Crippen LogP contribution in [-0.2, 0) is 0 Å². The molecule has 0 amide bonds. The molecule has 0 radical (unpaired) electrons. The number of aromatic nitrogens is 4. The third kappa shape index (κ3) is 3.90. The number of nitrogens with one attached hydrogen (secondary N) is 2. The van der Waals surface area contributed by atoms with Gasteiger partial charge in [-0.25, -0.2) is 4.39 Å². The standard InChI is InChI=1S/C11H5BrF4N6O2/c12-5-1-6(8(23)9(7(5)13)24-11(14,15)16)18-3-4(2-17)10-19-21-22-20-10/h1,3,18,23H,(H,19,20,21,22). The summed E-state index contributed by atoms with van der Waals surface area (Å²) in [5.74, 6) is -4.11. The van der Waals surface area contributed by atoms with Gasteiger partial charge in [-0.1, -0.05) is 0 Å². The summed E-state index contributed by atoms with van der Waals surface area (Å²) >= 11 is 2.70. The molecule has 1 aromatic carbocycles. The van der Waals surface area contributed by atoms with E-state index in [0.717, 1.165) is 12.3 Å². The fourth-order valence-corrected chi connectivity index (χ4v) is 1.89. The number of benzene rings is 1. The third-order valence-electron chi connectivity index (χ3n) is 2.45. The van der Waals surface area contributed by atoms with Gasteiger partial charge in [-0.15, -0.1) is 23.4 Å². The van der Waals surface area contributed by atoms with Gasteiger partial charge in [0.2, 0.25) is 11.6 Å². The second kappa shape index (κ2) is 6.71. The van der Waals surface area contributed by atoms with Crippen LogP contribution in [0, 0.1) is 17.1 Å². The Balaban J connectivity index is 2.39. The van der Waals surface area contributed by atoms with Gasteiger partial charge in [0, 0.05) is 6.20 Å². The highest BCUT2D eigenvalue weighted by Crippen LogP contribution is 2.43. The molecule has 13 heteroatoms. The summed E-state index contributed by atoms with van der Waals surface area (Å²) in [5.41, 5.74) is -0.513. The fraction of sp³-hybridized carbons (Fsp3) is 0.0909. The lowest BCUT2D eigenvalue weighted by atomic mass is 10.2. The molecule has 2 rings (SSSR count). The average Bonchev–Trinajstić information content (AvgIpc) is 3.02. The zero-order valence-corrected chi connectivity index (χ0v) is 12.8. The predicted octanol–water partition coefficient (Wildman–Crippen LogP) is 2.68. The fourth-order valence-electron chi connectivity index (χ4n) is 1.48. The van der Waals surface area contributed by atoms with Crippen molar-refractivity contribution < 1.29 is 27.4 Å². The summed E-state index contributed by atoms with van der Waals surface area (Å²) in [5, 5.41) is 33.5. The minimum absolute atomic E-state index is 0.0996. The number of anilines is 1. The zero-order valence-electron chi connectivity index (χ0n) is 11.2. The number of nitriles is 1. The first-order chi connectivity index (χ1) is 11.2. The van der Waals surface area contributed by atoms with Gasteiger partial charge < -0.3 is 15.2 Å². The molecule has 24 heavy (non-hydrogen) atoms. The Kier molecular flexibility index (Phi) is 4.88. The molecule has 0 saturated heterocycles. The molecule has 0 unspecified atom stereocenters. The number of hydrogen-bond acceptors (Lipinski definition) is 7. The summed E-state index contributed by atoms with van der Waals surface area (Å²) in [6.45, 7) is 0. The molecule has 0 fully saturated rings. The lowest BCUT2D eigenvalue weighted by molar-refractivity contribution is -0.276. The van der Waals surface area contributed by atoms with E-state index < -0.39 is 28.2 Å². The molecule has 0 saturated carbocycles. The lowest BCUT2D eigenvalue weighted by Crippen LogP contribution is -2.18. The maximum atomic E-state index is 13.7. The molecule has 0 aliphatic heterocycles. The number of aromatic hydroxyl groups is 1. The highest BCUT2D eigenvalue weighted by Gasteiger charge is 2.35. The van der Waals surface area contributed by atoms with E-state index in [1.807, 2.05) is 0 Å². The largest absolute Gasteiger partial charge is 0.573 e. The highest BCUT2D eigenvalue weighted by molar-refractivity contribution is 9.10. The van der Waals surface area contributed by atoms with Gasteiger partial charge >= 0.3 is 6.36 Å². The van der Waals surface area contributed by atoms with Crippen LogP contribution in [0.5, 0.6) is 11.5 Å². The summed E-state index contributed by atoms with van der Waals surface area (Å²) in [4.78, 5) is 0. The molecule has 8 nitrogen and oxygen atoms in total. The SMILES string of the molecule is N#CC(=CNc1cc(Br)c(F)c(OC(F)(F)F)c1O)c1nn[nH]n1. The summed E-state index contributed by atoms with van der Waals surface area (Å²) < 4.78 is 53.7. The second-order valence-corrected chi connectivity index (χ2v) is 4.85. The first kappa shape index (κ1) is 17.5. The minimum Gasteiger partial charge on any atom is -0.503 e. The summed E-state index contributed by atoms with van der Waals surface area (Å²) in [6.07, 6.45) is -4.23. The van der Waals surface area contributed by atoms with Crippen molar-refractivity contribution in [2.75, 3.05) is 5.32 Å². The van der Waals surface area contributed by atoms with E-state index in [1.54, 1.807) is 6.07 Å². The van der Waals surface area contributed by atoms with E-state index >= 15 is 0 Å². The third-order valence-corrected chi connectivity index (χ3v) is 3.02. The van der Waals surface area contributed by atoms with Crippen molar-refractivity contribution in [1.82, 2.24) is 20.6 Å². The Hall–Kier alpha value is -2.88. The number of phenols is 1. The number of hydrogen-bond donors (Lipinski definition) is 3. The number of allylic oxidation sites excluding steroid dienone is 1. The van der Waals surface area contributed by atoms with Crippen LogP contribution in [0.3, 0.4) is 0 Å². The number of nitrogens with zero attached hydrogens (tertiary/aromatic N) is 4. The van der Waals surface area contributed by atoms with Crippen molar-refractivity contribution in [3.63, 3.8) is 0 Å². The Morgan fingerprint density at radius 1 is 1.50 bits per heavy atom. The number of halogens is 5. The molecule has 2 aromatic rings. The molecule has 0 aliphatic carbocycles. The Labute approximate surface area is 138 Å². The van der Waals surface area contributed by atoms with Gasteiger partial charge in [0.05, 0.1) is 10.2 Å². The lowest BCUT2D eigenvalue weighted by Gasteiger charge is -2.14. The second-order valence-electron chi connectivity index (χ2n) is 4.00. The van der Waals surface area contributed by atoms with Gasteiger partial charge in [0.25, 0.3) is 0 Å². The number of H-pyrrole nitrogens is 1. The first-order valence-corrected chi connectivity index (χ1v) is 6.59. The number of aromatic amines is 1. The van der Waals surface area contributed by atoms with Crippen molar-refractivity contribution in [3.8, 4) is 17.6 Å². The molecule has 1 aromatic heterocycles. The minimum atomic E-state index is -5.21. The van der Waals surface area contributed by atoms with Crippen molar-refractivity contribution in [1.29, 1.82) is 5.26 Å². The van der Waals surface area contributed by atoms with Gasteiger partial charge in [-0.05, 0) is 27.2 Å². The van der Waals surface area contributed by atoms with Gasteiger partial charge in [-0.3, -0.25) is 0 Å². The monoisotopic (exact) mass is 408 g/mol. The molecule has 0 aliphatic rings. The average molecular weight is 409 g/mol. The Bertz CT molecular complexity index is 815. The molecule has 3 N–H and O–H groups in total. The molecule has 0 atom stereocenters. The number of tetrazole rings is 1. The van der Waals surface area contributed by atoms with E-state index in [4.69, 9.17) is 5.26 Å². The number of alkyl halides is 3. The van der Waals surface area contributed by atoms with E-state index in [1.165, 1.54) is 0 Å².